The van der Waals surface area contributed by atoms with Crippen LogP contribution < -0.4 is 0 Å². The average Bonchev–Trinajstić information content (AvgIpc) is 4.00. The van der Waals surface area contributed by atoms with Crippen LogP contribution in [0.25, 0.3) is 0 Å². The SMILES string of the molecule is CCCOCC[Si]1(C2CCCC2)O[Si](CCOCCC)(C2CCCC2)O[Si](CCOCCC)(C2CCCC2)O[Si](CCOCCC)(C2CCCC2)O1. The maximum absolute atomic E-state index is 8.46. The van der Waals surface area contributed by atoms with Crippen molar-refractivity contribution in [2.45, 2.75) is 202 Å². The summed E-state index contributed by atoms with van der Waals surface area (Å²) in [6.45, 7) is 14.9. The molecule has 52 heavy (non-hydrogen) atoms. The molecule has 5 rings (SSSR count). The highest BCUT2D eigenvalue weighted by Gasteiger charge is 2.69. The molecule has 304 valence electrons. The maximum atomic E-state index is 8.46. The molecule has 0 atom stereocenters. The van der Waals surface area contributed by atoms with Crippen LogP contribution in [0.5, 0.6) is 0 Å². The van der Waals surface area contributed by atoms with Gasteiger partial charge in [-0.3, -0.25) is 0 Å². The molecule has 1 heterocycles. The Morgan fingerprint density at radius 1 is 0.327 bits per heavy atom. The van der Waals surface area contributed by atoms with Crippen molar-refractivity contribution < 1.29 is 35.4 Å². The molecule has 0 amide bonds. The molecule has 0 N–H and O–H groups in total. The van der Waals surface area contributed by atoms with Gasteiger partial charge in [-0.1, -0.05) is 79.1 Å². The lowest BCUT2D eigenvalue weighted by molar-refractivity contribution is 0.113. The summed E-state index contributed by atoms with van der Waals surface area (Å²) in [7, 11) is -11.8. The molecule has 0 spiro atoms. The van der Waals surface area contributed by atoms with Crippen LogP contribution in [0, 0.1) is 0 Å². The van der Waals surface area contributed by atoms with Crippen LogP contribution in [0.4, 0.5) is 0 Å². The highest BCUT2D eigenvalue weighted by Crippen LogP contribution is 2.58. The molecule has 0 radical (unpaired) electrons. The zero-order chi connectivity index (χ0) is 36.6. The van der Waals surface area contributed by atoms with Gasteiger partial charge in [0.2, 0.25) is 0 Å². The monoisotopic (exact) mass is 800 g/mol. The predicted molar refractivity (Wildman–Crippen MR) is 220 cm³/mol. The topological polar surface area (TPSA) is 73.8 Å². The van der Waals surface area contributed by atoms with Gasteiger partial charge in [0.25, 0.3) is 0 Å². The lowest BCUT2D eigenvalue weighted by Crippen LogP contribution is -2.74. The second-order valence-corrected chi connectivity index (χ2v) is 32.1. The molecule has 5 aliphatic rings. The van der Waals surface area contributed by atoms with E-state index in [9.17, 15) is 0 Å². The van der Waals surface area contributed by atoms with Crippen LogP contribution in [-0.2, 0) is 35.4 Å². The zero-order valence-electron chi connectivity index (χ0n) is 34.2. The quantitative estimate of drug-likeness (QED) is 0.0706. The van der Waals surface area contributed by atoms with E-state index in [2.05, 4.69) is 27.7 Å². The molecular formula is C40H80O8Si4. The minimum absolute atomic E-state index is 0.466. The third-order valence-corrected chi connectivity index (χ3v) is 35.0. The molecule has 0 unspecified atom stereocenters. The number of hydrogen-bond acceptors (Lipinski definition) is 8. The van der Waals surface area contributed by atoms with Crippen LogP contribution in [0.3, 0.4) is 0 Å². The van der Waals surface area contributed by atoms with E-state index in [0.717, 1.165) is 103 Å². The normalized spacial score (nSPS) is 33.0. The smallest absolute Gasteiger partial charge is 0.326 e. The Labute approximate surface area is 323 Å². The predicted octanol–water partition coefficient (Wildman–Crippen LogP) is 11.3. The van der Waals surface area contributed by atoms with Gasteiger partial charge >= 0.3 is 34.2 Å². The van der Waals surface area contributed by atoms with Crippen LogP contribution in [0.15, 0.2) is 0 Å². The molecule has 8 nitrogen and oxygen atoms in total. The molecule has 0 aromatic heterocycles. The molecule has 4 saturated carbocycles. The van der Waals surface area contributed by atoms with Gasteiger partial charge in [-0.25, -0.2) is 0 Å². The van der Waals surface area contributed by atoms with Gasteiger partial charge in [0.1, 0.15) is 0 Å². The molecule has 0 bridgehead atoms. The van der Waals surface area contributed by atoms with E-state index >= 15 is 0 Å². The first-order chi connectivity index (χ1) is 25.5. The molecule has 0 aromatic carbocycles. The zero-order valence-corrected chi connectivity index (χ0v) is 38.2. The summed E-state index contributed by atoms with van der Waals surface area (Å²) in [6, 6.07) is 3.60. The van der Waals surface area contributed by atoms with Gasteiger partial charge in [0, 0.05) is 99.2 Å². The van der Waals surface area contributed by atoms with Crippen LogP contribution in [0.2, 0.25) is 46.3 Å². The van der Waals surface area contributed by atoms with Crippen LogP contribution in [-0.4, -0.2) is 87.1 Å². The van der Waals surface area contributed by atoms with E-state index in [4.69, 9.17) is 35.4 Å². The van der Waals surface area contributed by atoms with Gasteiger partial charge in [-0.15, -0.1) is 0 Å². The van der Waals surface area contributed by atoms with Gasteiger partial charge in [0.15, 0.2) is 0 Å². The Bertz CT molecular complexity index is 809. The fourth-order valence-electron chi connectivity index (χ4n) is 10.5. The van der Waals surface area contributed by atoms with Crippen molar-refractivity contribution in [3.63, 3.8) is 0 Å². The largest absolute Gasteiger partial charge is 0.415 e. The molecule has 0 aromatic rings. The summed E-state index contributed by atoms with van der Waals surface area (Å²) in [5.41, 5.74) is 1.86. The highest BCUT2D eigenvalue weighted by molar-refractivity contribution is 6.96. The Balaban J connectivity index is 1.69. The fourth-order valence-corrected chi connectivity index (χ4v) is 39.1. The summed E-state index contributed by atoms with van der Waals surface area (Å²) >= 11 is 0. The summed E-state index contributed by atoms with van der Waals surface area (Å²) in [6.07, 6.45) is 24.0. The van der Waals surface area contributed by atoms with E-state index in [0.29, 0.717) is 22.2 Å². The van der Waals surface area contributed by atoms with Crippen LogP contribution >= 0.6 is 0 Å². The van der Waals surface area contributed by atoms with Gasteiger partial charge in [-0.2, -0.15) is 0 Å². The molecule has 1 saturated heterocycles. The molecule has 4 aliphatic carbocycles. The highest BCUT2D eigenvalue weighted by atomic mass is 28.5. The Kier molecular flexibility index (Phi) is 18.9. The lowest BCUT2D eigenvalue weighted by Gasteiger charge is -2.58. The summed E-state index contributed by atoms with van der Waals surface area (Å²) < 4.78 is 59.5. The summed E-state index contributed by atoms with van der Waals surface area (Å²) in [5, 5.41) is 0. The Hall–Kier alpha value is 0.548. The Morgan fingerprint density at radius 2 is 0.519 bits per heavy atom. The molecule has 5 fully saturated rings. The third-order valence-electron chi connectivity index (χ3n) is 13.1. The number of hydrogen-bond donors (Lipinski definition) is 0. The molecule has 1 aliphatic heterocycles. The first-order valence-corrected chi connectivity index (χ1v) is 31.0. The minimum atomic E-state index is -2.94. The van der Waals surface area contributed by atoms with E-state index in [1.807, 2.05) is 0 Å². The van der Waals surface area contributed by atoms with Crippen LogP contribution in [0.1, 0.15) is 156 Å². The standard InChI is InChI=1S/C40H80O8Si4/c1-5-25-41-29-33-49(37-17-9-10-18-37)45-50(34-30-42-26-6-2,38-19-11-12-20-38)47-52(36-32-44-28-8-4,40-23-15-16-24-40)48-51(46-49,35-31-43-27-7-3)39-21-13-14-22-39/h37-40H,5-36H2,1-4H3. The van der Waals surface area contributed by atoms with Gasteiger partial charge in [0.05, 0.1) is 0 Å². The van der Waals surface area contributed by atoms with Crippen molar-refractivity contribution in [2.24, 2.45) is 0 Å². The van der Waals surface area contributed by atoms with Crippen molar-refractivity contribution in [1.29, 1.82) is 0 Å². The van der Waals surface area contributed by atoms with Crippen molar-refractivity contribution >= 4 is 34.2 Å². The average molecular weight is 801 g/mol. The molecule has 12 heteroatoms. The lowest BCUT2D eigenvalue weighted by atomic mass is 10.4. The van der Waals surface area contributed by atoms with Crippen molar-refractivity contribution in [3.8, 4) is 0 Å². The minimum Gasteiger partial charge on any atom is -0.415 e. The Morgan fingerprint density at radius 3 is 0.692 bits per heavy atom. The van der Waals surface area contributed by atoms with Gasteiger partial charge in [-0.05, 0) is 77.0 Å². The van der Waals surface area contributed by atoms with E-state index in [1.165, 1.54) is 103 Å². The number of ether oxygens (including phenoxy) is 4. The summed E-state index contributed by atoms with van der Waals surface area (Å²) in [5.74, 6) is 0. The summed E-state index contributed by atoms with van der Waals surface area (Å²) in [4.78, 5) is 0. The van der Waals surface area contributed by atoms with Crippen molar-refractivity contribution in [2.75, 3.05) is 52.9 Å². The third kappa shape index (κ3) is 11.4. The molecular weight excluding hydrogens is 721 g/mol. The van der Waals surface area contributed by atoms with E-state index < -0.39 is 34.2 Å². The van der Waals surface area contributed by atoms with Crippen molar-refractivity contribution in [1.82, 2.24) is 0 Å². The first kappa shape index (κ1) is 43.7. The van der Waals surface area contributed by atoms with E-state index in [1.54, 1.807) is 0 Å². The van der Waals surface area contributed by atoms with Gasteiger partial charge < -0.3 is 35.4 Å². The number of rotatable bonds is 24. The van der Waals surface area contributed by atoms with E-state index in [-0.39, 0.29) is 0 Å². The second kappa shape index (κ2) is 22.5. The maximum Gasteiger partial charge on any atom is 0.326 e. The second-order valence-electron chi connectivity index (χ2n) is 17.0. The fraction of sp³-hybridized carbons (Fsp3) is 1.00. The van der Waals surface area contributed by atoms with Crippen molar-refractivity contribution in [3.05, 3.63) is 0 Å². The first-order valence-electron chi connectivity index (χ1n) is 22.6.